The molecule has 1 N–H and O–H groups in total. The minimum atomic E-state index is -0.146. The molecule has 0 aliphatic rings. The number of nitrogens with one attached hydrogen (secondary N) is 1. The number of rotatable bonds is 3. The smallest absolute Gasteiger partial charge is 0.256 e. The number of benzene rings is 2. The number of aryl methyl sites for hydroxylation is 1. The lowest BCUT2D eigenvalue weighted by Gasteiger charge is -2.12. The largest absolute Gasteiger partial charge is 0.495 e. The molecule has 0 saturated carbocycles. The Morgan fingerprint density at radius 1 is 1.20 bits per heavy atom. The fourth-order valence-electron chi connectivity index (χ4n) is 1.96. The first-order valence-electron chi connectivity index (χ1n) is 6.24. The number of ether oxygens (including phenoxy) is 1. The van der Waals surface area contributed by atoms with Crippen LogP contribution < -0.4 is 10.1 Å². The van der Waals surface area contributed by atoms with Crippen LogP contribution in [-0.2, 0) is 0 Å². The van der Waals surface area contributed by atoms with Crippen LogP contribution in [0.25, 0.3) is 0 Å². The Hall–Kier alpha value is -1.81. The van der Waals surface area contributed by atoms with Gasteiger partial charge in [-0.15, -0.1) is 0 Å². The van der Waals surface area contributed by atoms with Crippen LogP contribution in [0.5, 0.6) is 5.75 Å². The summed E-state index contributed by atoms with van der Waals surface area (Å²) in [6.45, 7) is 3.88. The summed E-state index contributed by atoms with van der Waals surface area (Å²) in [4.78, 5) is 12.4. The van der Waals surface area contributed by atoms with E-state index in [2.05, 4.69) is 21.2 Å². The molecule has 0 spiro atoms. The topological polar surface area (TPSA) is 38.3 Å². The molecule has 0 heterocycles. The lowest BCUT2D eigenvalue weighted by atomic mass is 10.1. The minimum Gasteiger partial charge on any atom is -0.495 e. The lowest BCUT2D eigenvalue weighted by molar-refractivity contribution is 0.102. The molecule has 20 heavy (non-hydrogen) atoms. The van der Waals surface area contributed by atoms with Gasteiger partial charge in [-0.1, -0.05) is 28.1 Å². The average molecular weight is 334 g/mol. The van der Waals surface area contributed by atoms with Crippen LogP contribution >= 0.6 is 15.9 Å². The van der Waals surface area contributed by atoms with Crippen molar-refractivity contribution in [3.63, 3.8) is 0 Å². The van der Waals surface area contributed by atoms with Crippen molar-refractivity contribution in [2.24, 2.45) is 0 Å². The summed E-state index contributed by atoms with van der Waals surface area (Å²) < 4.78 is 6.18. The van der Waals surface area contributed by atoms with Gasteiger partial charge in [0.1, 0.15) is 5.75 Å². The lowest BCUT2D eigenvalue weighted by Crippen LogP contribution is -2.14. The summed E-state index contributed by atoms with van der Waals surface area (Å²) in [7, 11) is 1.59. The Kier molecular flexibility index (Phi) is 4.45. The Balaban J connectivity index is 2.32. The molecule has 0 fully saturated rings. The van der Waals surface area contributed by atoms with Gasteiger partial charge in [-0.2, -0.15) is 0 Å². The van der Waals surface area contributed by atoms with Crippen molar-refractivity contribution in [2.45, 2.75) is 13.8 Å². The van der Waals surface area contributed by atoms with E-state index in [1.54, 1.807) is 13.2 Å². The fourth-order valence-corrected chi connectivity index (χ4v) is 2.33. The van der Waals surface area contributed by atoms with Crippen LogP contribution in [0.4, 0.5) is 5.69 Å². The molecule has 0 saturated heterocycles. The summed E-state index contributed by atoms with van der Waals surface area (Å²) >= 11 is 3.43. The third-order valence-corrected chi connectivity index (χ3v) is 3.97. The van der Waals surface area contributed by atoms with Crippen molar-refractivity contribution in [3.05, 3.63) is 57.6 Å². The number of anilines is 1. The van der Waals surface area contributed by atoms with Crippen molar-refractivity contribution in [2.75, 3.05) is 12.4 Å². The van der Waals surface area contributed by atoms with Gasteiger partial charge in [0, 0.05) is 10.0 Å². The van der Waals surface area contributed by atoms with E-state index >= 15 is 0 Å². The van der Waals surface area contributed by atoms with Gasteiger partial charge in [-0.05, 0) is 49.2 Å². The van der Waals surface area contributed by atoms with Gasteiger partial charge < -0.3 is 10.1 Å². The van der Waals surface area contributed by atoms with Gasteiger partial charge in [-0.25, -0.2) is 0 Å². The van der Waals surface area contributed by atoms with Crippen LogP contribution in [-0.4, -0.2) is 13.0 Å². The van der Waals surface area contributed by atoms with Gasteiger partial charge in [0.05, 0.1) is 12.8 Å². The molecule has 0 unspecified atom stereocenters. The van der Waals surface area contributed by atoms with Crippen LogP contribution in [0, 0.1) is 13.8 Å². The highest BCUT2D eigenvalue weighted by molar-refractivity contribution is 9.10. The van der Waals surface area contributed by atoms with Gasteiger partial charge in [0.25, 0.3) is 5.91 Å². The van der Waals surface area contributed by atoms with Crippen LogP contribution in [0.1, 0.15) is 21.5 Å². The first kappa shape index (κ1) is 14.6. The first-order valence-corrected chi connectivity index (χ1v) is 7.03. The van der Waals surface area contributed by atoms with E-state index in [4.69, 9.17) is 4.74 Å². The molecule has 0 radical (unpaired) electrons. The fraction of sp³-hybridized carbons (Fsp3) is 0.188. The van der Waals surface area contributed by atoms with Gasteiger partial charge in [-0.3, -0.25) is 4.79 Å². The van der Waals surface area contributed by atoms with Gasteiger partial charge >= 0.3 is 0 Å². The molecular weight excluding hydrogens is 318 g/mol. The van der Waals surface area contributed by atoms with Gasteiger partial charge in [0.15, 0.2) is 0 Å². The van der Waals surface area contributed by atoms with E-state index in [-0.39, 0.29) is 5.91 Å². The van der Waals surface area contributed by atoms with Crippen molar-refractivity contribution in [1.29, 1.82) is 0 Å². The normalized spacial score (nSPS) is 10.2. The van der Waals surface area contributed by atoms with Crippen LogP contribution in [0.3, 0.4) is 0 Å². The predicted molar refractivity (Wildman–Crippen MR) is 84.6 cm³/mol. The molecule has 4 heteroatoms. The molecule has 2 aromatic rings. The molecular formula is C16H16BrNO2. The molecule has 2 rings (SSSR count). The number of hydrogen-bond acceptors (Lipinski definition) is 2. The Morgan fingerprint density at radius 2 is 1.95 bits per heavy atom. The van der Waals surface area contributed by atoms with E-state index in [1.807, 2.05) is 44.2 Å². The van der Waals surface area contributed by atoms with Crippen molar-refractivity contribution in [3.8, 4) is 5.75 Å². The zero-order valence-electron chi connectivity index (χ0n) is 11.7. The number of halogens is 1. The number of methoxy groups -OCH3 is 1. The molecule has 0 bridgehead atoms. The molecule has 1 amide bonds. The number of carbonyl (C=O) groups is 1. The molecule has 2 aromatic carbocycles. The second kappa shape index (κ2) is 6.09. The second-order valence-electron chi connectivity index (χ2n) is 4.57. The Labute approximate surface area is 127 Å². The second-order valence-corrected chi connectivity index (χ2v) is 5.42. The highest BCUT2D eigenvalue weighted by Gasteiger charge is 2.13. The first-order chi connectivity index (χ1) is 9.52. The summed E-state index contributed by atoms with van der Waals surface area (Å²) in [5, 5.41) is 2.90. The zero-order chi connectivity index (χ0) is 14.7. The Morgan fingerprint density at radius 3 is 2.65 bits per heavy atom. The summed E-state index contributed by atoms with van der Waals surface area (Å²) in [5.74, 6) is 0.504. The van der Waals surface area contributed by atoms with Gasteiger partial charge in [0.2, 0.25) is 0 Å². The van der Waals surface area contributed by atoms with E-state index < -0.39 is 0 Å². The van der Waals surface area contributed by atoms with E-state index in [0.717, 1.165) is 15.6 Å². The summed E-state index contributed by atoms with van der Waals surface area (Å²) in [5.41, 5.74) is 3.29. The molecule has 0 aliphatic carbocycles. The minimum absolute atomic E-state index is 0.146. The predicted octanol–water partition coefficient (Wildman–Crippen LogP) is 4.33. The molecule has 0 aromatic heterocycles. The monoisotopic (exact) mass is 333 g/mol. The third kappa shape index (κ3) is 3.02. The maximum absolute atomic E-state index is 12.4. The number of amides is 1. The maximum Gasteiger partial charge on any atom is 0.256 e. The van der Waals surface area contributed by atoms with E-state index in [9.17, 15) is 4.79 Å². The highest BCUT2D eigenvalue weighted by atomic mass is 79.9. The molecule has 104 valence electrons. The Bertz CT molecular complexity index is 653. The van der Waals surface area contributed by atoms with Crippen molar-refractivity contribution in [1.82, 2.24) is 0 Å². The van der Waals surface area contributed by atoms with Crippen molar-refractivity contribution < 1.29 is 9.53 Å². The SMILES string of the molecule is COc1ccc(C)cc1NC(=O)c1cccc(Br)c1C. The molecule has 0 atom stereocenters. The standard InChI is InChI=1S/C16H16BrNO2/c1-10-7-8-15(20-3)14(9-10)18-16(19)12-5-4-6-13(17)11(12)2/h4-9H,1-3H3,(H,18,19). The van der Waals surface area contributed by atoms with E-state index in [1.165, 1.54) is 0 Å². The summed E-state index contributed by atoms with van der Waals surface area (Å²) in [6, 6.07) is 11.2. The quantitative estimate of drug-likeness (QED) is 0.907. The summed E-state index contributed by atoms with van der Waals surface area (Å²) in [6.07, 6.45) is 0. The van der Waals surface area contributed by atoms with Crippen molar-refractivity contribution >= 4 is 27.5 Å². The van der Waals surface area contributed by atoms with Crippen LogP contribution in [0.2, 0.25) is 0 Å². The highest BCUT2D eigenvalue weighted by Crippen LogP contribution is 2.27. The number of carbonyl (C=O) groups excluding carboxylic acids is 1. The molecule has 0 aliphatic heterocycles. The van der Waals surface area contributed by atoms with Crippen LogP contribution in [0.15, 0.2) is 40.9 Å². The number of hydrogen-bond donors (Lipinski definition) is 1. The maximum atomic E-state index is 12.4. The third-order valence-electron chi connectivity index (χ3n) is 3.12. The zero-order valence-corrected chi connectivity index (χ0v) is 13.2. The van der Waals surface area contributed by atoms with E-state index in [0.29, 0.717) is 17.0 Å². The molecule has 3 nitrogen and oxygen atoms in total. The average Bonchev–Trinajstić information content (AvgIpc) is 2.42.